The van der Waals surface area contributed by atoms with Gasteiger partial charge < -0.3 is 14.8 Å². The second-order valence-corrected chi connectivity index (χ2v) is 7.86. The van der Waals surface area contributed by atoms with E-state index in [4.69, 9.17) is 32.7 Å². The highest BCUT2D eigenvalue weighted by Crippen LogP contribution is 2.37. The van der Waals surface area contributed by atoms with Crippen molar-refractivity contribution < 1.29 is 9.47 Å². The molecule has 0 radical (unpaired) electrons. The first-order chi connectivity index (χ1) is 11.9. The van der Waals surface area contributed by atoms with Crippen LogP contribution in [0.1, 0.15) is 25.0 Å². The number of benzene rings is 2. The number of hydrogen-bond donors (Lipinski definition) is 1. The van der Waals surface area contributed by atoms with E-state index in [9.17, 15) is 0 Å². The van der Waals surface area contributed by atoms with E-state index in [0.29, 0.717) is 34.1 Å². The molecule has 0 amide bonds. The summed E-state index contributed by atoms with van der Waals surface area (Å²) in [7, 11) is 1.63. The van der Waals surface area contributed by atoms with Gasteiger partial charge in [0.2, 0.25) is 0 Å². The van der Waals surface area contributed by atoms with Crippen molar-refractivity contribution in [2.45, 2.75) is 27.0 Å². The van der Waals surface area contributed by atoms with Gasteiger partial charge in [-0.15, -0.1) is 12.4 Å². The minimum Gasteiger partial charge on any atom is -0.493 e. The number of ether oxygens (including phenoxy) is 2. The summed E-state index contributed by atoms with van der Waals surface area (Å²) in [5.74, 6) is 1.94. The van der Waals surface area contributed by atoms with E-state index in [0.717, 1.165) is 28.7 Å². The van der Waals surface area contributed by atoms with E-state index in [-0.39, 0.29) is 12.4 Å². The largest absolute Gasteiger partial charge is 0.493 e. The zero-order valence-corrected chi connectivity index (χ0v) is 18.9. The summed E-state index contributed by atoms with van der Waals surface area (Å²) >= 11 is 15.7. The molecule has 2 aromatic carbocycles. The lowest BCUT2D eigenvalue weighted by Crippen LogP contribution is -2.19. The van der Waals surface area contributed by atoms with Crippen molar-refractivity contribution in [1.82, 2.24) is 5.32 Å². The zero-order chi connectivity index (χ0) is 18.4. The normalized spacial score (nSPS) is 10.6. The SMILES string of the molecule is COc1cc(CNCC(C)C)cc(Br)c1OCc1ccc(Cl)cc1Cl.Cl. The molecular weight excluding hydrogens is 460 g/mol. The van der Waals surface area contributed by atoms with Gasteiger partial charge in [0.05, 0.1) is 11.6 Å². The third-order valence-corrected chi connectivity index (χ3v) is 4.73. The van der Waals surface area contributed by atoms with Gasteiger partial charge in [0.1, 0.15) is 6.61 Å². The lowest BCUT2D eigenvalue weighted by molar-refractivity contribution is 0.282. The second kappa shape index (κ2) is 11.3. The molecule has 0 saturated carbocycles. The maximum atomic E-state index is 6.20. The second-order valence-electron chi connectivity index (χ2n) is 6.16. The van der Waals surface area contributed by atoms with Crippen LogP contribution in [0.2, 0.25) is 10.0 Å². The number of nitrogens with one attached hydrogen (secondary N) is 1. The third-order valence-electron chi connectivity index (χ3n) is 3.56. The van der Waals surface area contributed by atoms with E-state index in [1.807, 2.05) is 18.2 Å². The first kappa shape index (κ1) is 23.4. The monoisotopic (exact) mass is 481 g/mol. The predicted octanol–water partition coefficient (Wildman–Crippen LogP) is 6.51. The van der Waals surface area contributed by atoms with Gasteiger partial charge >= 0.3 is 0 Å². The Morgan fingerprint density at radius 2 is 1.88 bits per heavy atom. The van der Waals surface area contributed by atoms with Gasteiger partial charge in [-0.3, -0.25) is 0 Å². The number of halogens is 4. The fourth-order valence-electron chi connectivity index (χ4n) is 2.31. The van der Waals surface area contributed by atoms with Crippen LogP contribution in [0.15, 0.2) is 34.8 Å². The van der Waals surface area contributed by atoms with Crippen molar-refractivity contribution in [2.75, 3.05) is 13.7 Å². The zero-order valence-electron chi connectivity index (χ0n) is 14.9. The molecule has 1 N–H and O–H groups in total. The van der Waals surface area contributed by atoms with Crippen LogP contribution in [0, 0.1) is 5.92 Å². The van der Waals surface area contributed by atoms with Gasteiger partial charge in [0, 0.05) is 22.2 Å². The van der Waals surface area contributed by atoms with Crippen LogP contribution in [0.25, 0.3) is 0 Å². The smallest absolute Gasteiger partial charge is 0.175 e. The Balaban J connectivity index is 0.00000338. The first-order valence-corrected chi connectivity index (χ1v) is 9.59. The molecule has 0 saturated heterocycles. The summed E-state index contributed by atoms with van der Waals surface area (Å²) in [6.07, 6.45) is 0. The maximum absolute atomic E-state index is 6.20. The quantitative estimate of drug-likeness (QED) is 0.464. The van der Waals surface area contributed by atoms with Crippen molar-refractivity contribution in [1.29, 1.82) is 0 Å². The van der Waals surface area contributed by atoms with Crippen LogP contribution in [-0.2, 0) is 13.2 Å². The Bertz CT molecular complexity index is 726. The summed E-state index contributed by atoms with van der Waals surface area (Å²) < 4.78 is 12.3. The molecule has 0 aliphatic heterocycles. The Labute approximate surface area is 179 Å². The van der Waals surface area contributed by atoms with Crippen LogP contribution in [-0.4, -0.2) is 13.7 Å². The molecule has 0 bridgehead atoms. The molecule has 0 aliphatic carbocycles. The molecule has 26 heavy (non-hydrogen) atoms. The predicted molar refractivity (Wildman–Crippen MR) is 115 cm³/mol. The molecule has 144 valence electrons. The van der Waals surface area contributed by atoms with Crippen molar-refractivity contribution in [3.05, 3.63) is 56.0 Å². The number of methoxy groups -OCH3 is 1. The highest BCUT2D eigenvalue weighted by Gasteiger charge is 2.13. The van der Waals surface area contributed by atoms with Crippen LogP contribution in [0.5, 0.6) is 11.5 Å². The van der Waals surface area contributed by atoms with Gasteiger partial charge in [0.25, 0.3) is 0 Å². The Morgan fingerprint density at radius 1 is 1.15 bits per heavy atom. The highest BCUT2D eigenvalue weighted by molar-refractivity contribution is 9.10. The molecule has 0 aromatic heterocycles. The van der Waals surface area contributed by atoms with Gasteiger partial charge in [-0.05, 0) is 58.2 Å². The molecule has 7 heteroatoms. The summed E-state index contributed by atoms with van der Waals surface area (Å²) in [6, 6.07) is 9.38. The average molecular weight is 484 g/mol. The van der Waals surface area contributed by atoms with Crippen LogP contribution in [0.4, 0.5) is 0 Å². The van der Waals surface area contributed by atoms with Gasteiger partial charge in [-0.2, -0.15) is 0 Å². The van der Waals surface area contributed by atoms with Crippen LogP contribution >= 0.6 is 51.5 Å². The molecule has 0 heterocycles. The molecule has 0 spiro atoms. The molecule has 0 aliphatic rings. The molecule has 2 rings (SSSR count). The van der Waals surface area contributed by atoms with Crippen molar-refractivity contribution in [3.8, 4) is 11.5 Å². The van der Waals surface area contributed by atoms with E-state index in [1.54, 1.807) is 19.2 Å². The fraction of sp³-hybridized carbons (Fsp3) is 0.368. The van der Waals surface area contributed by atoms with Crippen molar-refractivity contribution in [3.63, 3.8) is 0 Å². The lowest BCUT2D eigenvalue weighted by atomic mass is 10.1. The molecule has 0 unspecified atom stereocenters. The standard InChI is InChI=1S/C19H22BrCl2NO2.ClH/c1-12(2)9-23-10-13-6-16(20)19(18(7-13)24-3)25-11-14-4-5-15(21)8-17(14)22;/h4-8,12,23H,9-11H2,1-3H3;1H. The highest BCUT2D eigenvalue weighted by atomic mass is 79.9. The summed E-state index contributed by atoms with van der Waals surface area (Å²) in [5, 5.41) is 4.61. The Kier molecular flexibility index (Phi) is 10.1. The van der Waals surface area contributed by atoms with Gasteiger partial charge in [-0.25, -0.2) is 0 Å². The Morgan fingerprint density at radius 3 is 2.50 bits per heavy atom. The van der Waals surface area contributed by atoms with E-state index in [2.05, 4.69) is 35.1 Å². The number of hydrogen-bond acceptors (Lipinski definition) is 3. The lowest BCUT2D eigenvalue weighted by Gasteiger charge is -2.16. The first-order valence-electron chi connectivity index (χ1n) is 8.04. The van der Waals surface area contributed by atoms with Crippen LogP contribution in [0.3, 0.4) is 0 Å². The molecule has 2 aromatic rings. The van der Waals surface area contributed by atoms with Gasteiger partial charge in [-0.1, -0.05) is 43.1 Å². The third kappa shape index (κ3) is 6.82. The minimum atomic E-state index is 0. The maximum Gasteiger partial charge on any atom is 0.175 e. The molecule has 0 fully saturated rings. The summed E-state index contributed by atoms with van der Waals surface area (Å²) in [6.45, 7) is 6.43. The molecule has 0 atom stereocenters. The minimum absolute atomic E-state index is 0. The van der Waals surface area contributed by atoms with Crippen molar-refractivity contribution >= 4 is 51.5 Å². The Hall–Kier alpha value is -0.650. The molecule has 3 nitrogen and oxygen atoms in total. The number of rotatable bonds is 8. The summed E-state index contributed by atoms with van der Waals surface area (Å²) in [4.78, 5) is 0. The average Bonchev–Trinajstić information content (AvgIpc) is 2.54. The molecular formula is C19H23BrCl3NO2. The van der Waals surface area contributed by atoms with E-state index >= 15 is 0 Å². The van der Waals surface area contributed by atoms with E-state index in [1.165, 1.54) is 0 Å². The van der Waals surface area contributed by atoms with Crippen LogP contribution < -0.4 is 14.8 Å². The van der Waals surface area contributed by atoms with E-state index < -0.39 is 0 Å². The fourth-order valence-corrected chi connectivity index (χ4v) is 3.38. The van der Waals surface area contributed by atoms with Crippen molar-refractivity contribution in [2.24, 2.45) is 5.92 Å². The summed E-state index contributed by atoms with van der Waals surface area (Å²) in [5.41, 5.74) is 1.99. The van der Waals surface area contributed by atoms with Gasteiger partial charge in [0.15, 0.2) is 11.5 Å². The topological polar surface area (TPSA) is 30.5 Å².